The van der Waals surface area contributed by atoms with E-state index in [9.17, 15) is 23.3 Å². The lowest BCUT2D eigenvalue weighted by atomic mass is 9.99. The maximum absolute atomic E-state index is 12.6. The molecule has 1 aliphatic rings. The standard InChI is InChI=1S/C15H22N4O5S/c16-7-8-17-15(20)13-2-1-9-18(10-13)25(23,24)11-12-3-5-14(6-4-12)19(21)22/h3-6,13H,1-2,7-11,16H2,(H,17,20). The number of hydrogen-bond donors (Lipinski definition) is 2. The van der Waals surface area contributed by atoms with Gasteiger partial charge in [-0.3, -0.25) is 14.9 Å². The van der Waals surface area contributed by atoms with Gasteiger partial charge in [0, 0.05) is 38.3 Å². The highest BCUT2D eigenvalue weighted by Gasteiger charge is 2.32. The SMILES string of the molecule is NCCNC(=O)C1CCCN(S(=O)(=O)Cc2ccc([N+](=O)[O-])cc2)C1. The van der Waals surface area contributed by atoms with Gasteiger partial charge >= 0.3 is 0 Å². The van der Waals surface area contributed by atoms with Crippen molar-refractivity contribution < 1.29 is 18.1 Å². The van der Waals surface area contributed by atoms with Crippen molar-refractivity contribution in [3.8, 4) is 0 Å². The summed E-state index contributed by atoms with van der Waals surface area (Å²) >= 11 is 0. The van der Waals surface area contributed by atoms with Crippen LogP contribution in [0.5, 0.6) is 0 Å². The van der Waals surface area contributed by atoms with Crippen molar-refractivity contribution >= 4 is 21.6 Å². The van der Waals surface area contributed by atoms with Crippen molar-refractivity contribution in [1.82, 2.24) is 9.62 Å². The number of sulfonamides is 1. The minimum atomic E-state index is -3.60. The predicted molar refractivity (Wildman–Crippen MR) is 92.1 cm³/mol. The van der Waals surface area contributed by atoms with Gasteiger partial charge in [-0.05, 0) is 18.4 Å². The Morgan fingerprint density at radius 1 is 1.36 bits per heavy atom. The van der Waals surface area contributed by atoms with Gasteiger partial charge < -0.3 is 11.1 Å². The first kappa shape index (κ1) is 19.3. The summed E-state index contributed by atoms with van der Waals surface area (Å²) < 4.78 is 26.5. The summed E-state index contributed by atoms with van der Waals surface area (Å²) in [6.07, 6.45) is 1.25. The fourth-order valence-corrected chi connectivity index (χ4v) is 4.38. The van der Waals surface area contributed by atoms with Crippen LogP contribution in [-0.4, -0.2) is 49.7 Å². The van der Waals surface area contributed by atoms with Gasteiger partial charge in [-0.2, -0.15) is 0 Å². The number of nitro benzene ring substituents is 1. The zero-order valence-corrected chi connectivity index (χ0v) is 14.6. The van der Waals surface area contributed by atoms with Crippen molar-refractivity contribution in [3.63, 3.8) is 0 Å². The molecule has 1 unspecified atom stereocenters. The van der Waals surface area contributed by atoms with Gasteiger partial charge in [-0.25, -0.2) is 12.7 Å². The van der Waals surface area contributed by atoms with Gasteiger partial charge in [-0.1, -0.05) is 12.1 Å². The highest BCUT2D eigenvalue weighted by molar-refractivity contribution is 7.88. The smallest absolute Gasteiger partial charge is 0.269 e. The van der Waals surface area contributed by atoms with E-state index in [1.165, 1.54) is 28.6 Å². The fraction of sp³-hybridized carbons (Fsp3) is 0.533. The molecular weight excluding hydrogens is 348 g/mol. The number of rotatable bonds is 7. The number of benzene rings is 1. The molecule has 10 heteroatoms. The number of amides is 1. The third-order valence-corrected chi connectivity index (χ3v) is 5.90. The van der Waals surface area contributed by atoms with Crippen LogP contribution in [0.25, 0.3) is 0 Å². The molecule has 0 aliphatic carbocycles. The van der Waals surface area contributed by atoms with Crippen LogP contribution in [0.1, 0.15) is 18.4 Å². The molecule has 1 atom stereocenters. The summed E-state index contributed by atoms with van der Waals surface area (Å²) in [6, 6.07) is 5.43. The Balaban J connectivity index is 2.02. The number of carbonyl (C=O) groups is 1. The number of nitrogens with two attached hydrogens (primary N) is 1. The molecule has 1 saturated heterocycles. The molecular formula is C15H22N4O5S. The molecule has 1 amide bonds. The lowest BCUT2D eigenvalue weighted by molar-refractivity contribution is -0.384. The van der Waals surface area contributed by atoms with E-state index < -0.39 is 14.9 Å². The second kappa shape index (κ2) is 8.37. The zero-order chi connectivity index (χ0) is 18.4. The van der Waals surface area contributed by atoms with Crippen LogP contribution < -0.4 is 11.1 Å². The topological polar surface area (TPSA) is 136 Å². The molecule has 1 fully saturated rings. The number of nitrogens with zero attached hydrogens (tertiary/aromatic N) is 2. The molecule has 0 bridgehead atoms. The van der Waals surface area contributed by atoms with E-state index in [2.05, 4.69) is 5.32 Å². The van der Waals surface area contributed by atoms with Crippen LogP contribution in [0.3, 0.4) is 0 Å². The molecule has 1 heterocycles. The van der Waals surface area contributed by atoms with E-state index in [1.807, 2.05) is 0 Å². The molecule has 9 nitrogen and oxygen atoms in total. The normalized spacial score (nSPS) is 18.7. The Hall–Kier alpha value is -2.04. The molecule has 25 heavy (non-hydrogen) atoms. The minimum absolute atomic E-state index is 0.0873. The second-order valence-corrected chi connectivity index (χ2v) is 7.93. The summed E-state index contributed by atoms with van der Waals surface area (Å²) in [5, 5.41) is 13.3. The average Bonchev–Trinajstić information content (AvgIpc) is 2.60. The van der Waals surface area contributed by atoms with Crippen molar-refractivity contribution in [2.45, 2.75) is 18.6 Å². The summed E-state index contributed by atoms with van der Waals surface area (Å²) in [5.41, 5.74) is 5.74. The number of non-ortho nitro benzene ring substituents is 1. The molecule has 0 radical (unpaired) electrons. The van der Waals surface area contributed by atoms with Crippen molar-refractivity contribution in [3.05, 3.63) is 39.9 Å². The quantitative estimate of drug-likeness (QED) is 0.520. The molecule has 138 valence electrons. The summed E-state index contributed by atoms with van der Waals surface area (Å²) in [4.78, 5) is 22.2. The van der Waals surface area contributed by atoms with Crippen LogP contribution in [0, 0.1) is 16.0 Å². The highest BCUT2D eigenvalue weighted by Crippen LogP contribution is 2.22. The molecule has 2 rings (SSSR count). The Labute approximate surface area is 146 Å². The third-order valence-electron chi connectivity index (χ3n) is 4.09. The van der Waals surface area contributed by atoms with Crippen molar-refractivity contribution in [2.24, 2.45) is 11.7 Å². The Morgan fingerprint density at radius 2 is 2.04 bits per heavy atom. The first-order chi connectivity index (χ1) is 11.8. The summed E-state index contributed by atoms with van der Waals surface area (Å²) in [6.45, 7) is 1.22. The minimum Gasteiger partial charge on any atom is -0.355 e. The predicted octanol–water partition coefficient (Wildman–Crippen LogP) is 0.212. The number of carbonyl (C=O) groups excluding carboxylic acids is 1. The molecule has 0 saturated carbocycles. The molecule has 1 aliphatic heterocycles. The highest BCUT2D eigenvalue weighted by atomic mass is 32.2. The fourth-order valence-electron chi connectivity index (χ4n) is 2.76. The molecule has 0 aromatic heterocycles. The first-order valence-corrected chi connectivity index (χ1v) is 9.63. The number of nitrogens with one attached hydrogen (secondary N) is 1. The Morgan fingerprint density at radius 3 is 2.64 bits per heavy atom. The Bertz CT molecular complexity index is 720. The van der Waals surface area contributed by atoms with Gasteiger partial charge in [0.05, 0.1) is 16.6 Å². The lowest BCUT2D eigenvalue weighted by Crippen LogP contribution is -2.46. The maximum atomic E-state index is 12.6. The van der Waals surface area contributed by atoms with Gasteiger partial charge in [0.15, 0.2) is 0 Å². The van der Waals surface area contributed by atoms with E-state index >= 15 is 0 Å². The summed E-state index contributed by atoms with van der Waals surface area (Å²) in [7, 11) is -3.60. The van der Waals surface area contributed by atoms with Crippen LogP contribution >= 0.6 is 0 Å². The van der Waals surface area contributed by atoms with Gasteiger partial charge in [0.25, 0.3) is 5.69 Å². The number of piperidine rings is 1. The van der Waals surface area contributed by atoms with E-state index in [0.29, 0.717) is 38.0 Å². The number of nitro groups is 1. The van der Waals surface area contributed by atoms with Crippen LogP contribution in [0.15, 0.2) is 24.3 Å². The lowest BCUT2D eigenvalue weighted by Gasteiger charge is -2.31. The van der Waals surface area contributed by atoms with Crippen LogP contribution in [-0.2, 0) is 20.6 Å². The monoisotopic (exact) mass is 370 g/mol. The number of hydrogen-bond acceptors (Lipinski definition) is 6. The van der Waals surface area contributed by atoms with E-state index in [4.69, 9.17) is 5.73 Å². The van der Waals surface area contributed by atoms with E-state index in [1.54, 1.807) is 0 Å². The second-order valence-electron chi connectivity index (χ2n) is 5.96. The van der Waals surface area contributed by atoms with Crippen molar-refractivity contribution in [2.75, 3.05) is 26.2 Å². The zero-order valence-electron chi connectivity index (χ0n) is 13.8. The van der Waals surface area contributed by atoms with Gasteiger partial charge in [0.2, 0.25) is 15.9 Å². The molecule has 3 N–H and O–H groups in total. The molecule has 0 spiro atoms. The van der Waals surface area contributed by atoms with Crippen LogP contribution in [0.4, 0.5) is 5.69 Å². The summed E-state index contributed by atoms with van der Waals surface area (Å²) in [5.74, 6) is -0.810. The largest absolute Gasteiger partial charge is 0.355 e. The Kier molecular flexibility index (Phi) is 6.45. The van der Waals surface area contributed by atoms with Crippen molar-refractivity contribution in [1.29, 1.82) is 0 Å². The van der Waals surface area contributed by atoms with Gasteiger partial charge in [0.1, 0.15) is 0 Å². The maximum Gasteiger partial charge on any atom is 0.269 e. The average molecular weight is 370 g/mol. The molecule has 1 aromatic rings. The first-order valence-electron chi connectivity index (χ1n) is 8.02. The van der Waals surface area contributed by atoms with E-state index in [-0.39, 0.29) is 29.8 Å². The van der Waals surface area contributed by atoms with Crippen LogP contribution in [0.2, 0.25) is 0 Å². The third kappa shape index (κ3) is 5.21. The van der Waals surface area contributed by atoms with Gasteiger partial charge in [-0.15, -0.1) is 0 Å². The molecule has 1 aromatic carbocycles. The van der Waals surface area contributed by atoms with E-state index in [0.717, 1.165) is 0 Å².